The summed E-state index contributed by atoms with van der Waals surface area (Å²) in [6, 6.07) is 3.58. The molecule has 11 nitrogen and oxygen atoms in total. The fourth-order valence-electron chi connectivity index (χ4n) is 3.95. The molecule has 3 atom stereocenters. The lowest BCUT2D eigenvalue weighted by Crippen LogP contribution is -2.37. The third-order valence-electron chi connectivity index (χ3n) is 6.12. The van der Waals surface area contributed by atoms with E-state index >= 15 is 0 Å². The third-order valence-corrected chi connectivity index (χ3v) is 6.12. The van der Waals surface area contributed by atoms with Crippen molar-refractivity contribution < 1.29 is 14.3 Å². The molecule has 6 rings (SSSR count). The molecule has 1 aliphatic heterocycles. The Morgan fingerprint density at radius 1 is 1.32 bits per heavy atom. The predicted octanol–water partition coefficient (Wildman–Crippen LogP) is 1.79. The van der Waals surface area contributed by atoms with Gasteiger partial charge in [0.15, 0.2) is 17.7 Å². The van der Waals surface area contributed by atoms with E-state index in [0.29, 0.717) is 41.3 Å². The van der Waals surface area contributed by atoms with Crippen molar-refractivity contribution in [2.75, 3.05) is 22.6 Å². The number of alkyl halides is 1. The summed E-state index contributed by atoms with van der Waals surface area (Å²) in [5.41, 5.74) is 1.04. The number of amides is 1. The number of fused-ring (bicyclic) bond motifs is 1. The molecule has 176 valence electrons. The molecule has 0 radical (unpaired) electrons. The zero-order chi connectivity index (χ0) is 23.4. The van der Waals surface area contributed by atoms with Crippen LogP contribution in [-0.4, -0.2) is 60.9 Å². The summed E-state index contributed by atoms with van der Waals surface area (Å²) in [5, 5.41) is 28.7. The summed E-state index contributed by atoms with van der Waals surface area (Å²) in [6.45, 7) is 0. The lowest BCUT2D eigenvalue weighted by atomic mass is 10.2. The topological polar surface area (TPSA) is 125 Å². The van der Waals surface area contributed by atoms with Crippen molar-refractivity contribution in [1.29, 1.82) is 0 Å². The van der Waals surface area contributed by atoms with Gasteiger partial charge in [-0.05, 0) is 25.0 Å². The first kappa shape index (κ1) is 20.7. The number of rotatable bonds is 7. The quantitative estimate of drug-likeness (QED) is 0.416. The smallest absolute Gasteiger partial charge is 0.257 e. The highest BCUT2D eigenvalue weighted by molar-refractivity contribution is 6.00. The van der Waals surface area contributed by atoms with Crippen molar-refractivity contribution in [1.82, 2.24) is 29.7 Å². The van der Waals surface area contributed by atoms with Gasteiger partial charge < -0.3 is 21.1 Å². The Labute approximate surface area is 193 Å². The van der Waals surface area contributed by atoms with E-state index in [1.807, 2.05) is 23.0 Å². The van der Waals surface area contributed by atoms with Gasteiger partial charge in [0.05, 0.1) is 24.0 Å². The molecule has 1 unspecified atom stereocenters. The lowest BCUT2D eigenvalue weighted by molar-refractivity contribution is 0.0949. The molecule has 0 aromatic carbocycles. The van der Waals surface area contributed by atoms with Gasteiger partial charge in [0.2, 0.25) is 0 Å². The minimum Gasteiger partial charge on any atom is -0.373 e. The van der Waals surface area contributed by atoms with E-state index in [1.165, 1.54) is 10.7 Å². The van der Waals surface area contributed by atoms with E-state index in [-0.39, 0.29) is 5.56 Å². The average molecular weight is 465 g/mol. The SMILES string of the molecule is CNc1cc(NC2=CC=CN(c3ccn(C4CC4)n3)C2O)nc2c(C(=O)N[C@@H]3C[C@@H]3F)cnn12. The lowest BCUT2D eigenvalue weighted by Gasteiger charge is -2.29. The molecule has 3 aliphatic rings. The maximum absolute atomic E-state index is 13.3. The van der Waals surface area contributed by atoms with Crippen LogP contribution in [0.1, 0.15) is 35.7 Å². The first-order valence-corrected chi connectivity index (χ1v) is 11.2. The highest BCUT2D eigenvalue weighted by atomic mass is 19.1. The molecule has 2 fully saturated rings. The van der Waals surface area contributed by atoms with E-state index in [9.17, 15) is 14.3 Å². The Morgan fingerprint density at radius 2 is 2.15 bits per heavy atom. The summed E-state index contributed by atoms with van der Waals surface area (Å²) in [5.74, 6) is 1.21. The zero-order valence-corrected chi connectivity index (χ0v) is 18.4. The molecule has 4 heterocycles. The van der Waals surface area contributed by atoms with Gasteiger partial charge in [0.1, 0.15) is 23.4 Å². The van der Waals surface area contributed by atoms with Crippen LogP contribution in [0.15, 0.2) is 48.6 Å². The van der Waals surface area contributed by atoms with Crippen LogP contribution in [0.2, 0.25) is 0 Å². The van der Waals surface area contributed by atoms with Gasteiger partial charge in [-0.25, -0.2) is 9.37 Å². The van der Waals surface area contributed by atoms with Crippen LogP contribution in [0.3, 0.4) is 0 Å². The van der Waals surface area contributed by atoms with Crippen LogP contribution in [-0.2, 0) is 0 Å². The summed E-state index contributed by atoms with van der Waals surface area (Å²) in [4.78, 5) is 18.9. The number of nitrogens with one attached hydrogen (secondary N) is 3. The molecule has 3 aromatic heterocycles. The van der Waals surface area contributed by atoms with E-state index in [0.717, 1.165) is 12.8 Å². The van der Waals surface area contributed by atoms with Crippen LogP contribution >= 0.6 is 0 Å². The Kier molecular flexibility index (Phi) is 4.76. The highest BCUT2D eigenvalue weighted by Gasteiger charge is 2.39. The van der Waals surface area contributed by atoms with Gasteiger partial charge in [0.25, 0.3) is 5.91 Å². The zero-order valence-electron chi connectivity index (χ0n) is 18.4. The van der Waals surface area contributed by atoms with Gasteiger partial charge in [-0.1, -0.05) is 0 Å². The number of anilines is 3. The van der Waals surface area contributed by atoms with Gasteiger partial charge in [0, 0.05) is 38.0 Å². The molecular weight excluding hydrogens is 441 g/mol. The maximum atomic E-state index is 13.3. The van der Waals surface area contributed by atoms with Crippen molar-refractivity contribution in [2.24, 2.45) is 0 Å². The van der Waals surface area contributed by atoms with E-state index in [2.05, 4.69) is 31.1 Å². The first-order valence-electron chi connectivity index (χ1n) is 11.2. The molecule has 2 aliphatic carbocycles. The number of halogens is 1. The average Bonchev–Trinajstić information content (AvgIpc) is 3.69. The number of allylic oxidation sites excluding steroid dienone is 2. The minimum atomic E-state index is -1.01. The number of aliphatic hydroxyl groups is 1. The normalized spacial score (nSPS) is 23.7. The summed E-state index contributed by atoms with van der Waals surface area (Å²) >= 11 is 0. The van der Waals surface area contributed by atoms with Crippen LogP contribution in [0.25, 0.3) is 5.65 Å². The Bertz CT molecular complexity index is 1330. The standard InChI is InChI=1S/C22H24FN9O2/c1-24-19-10-17(28-20-13(11-25-32(19)20)21(33)27-16-9-14(16)23)26-15-3-2-7-30(22(15)34)18-6-8-31(29-18)12-4-5-12/h2-3,6-8,10-12,14,16,22,24,34H,4-5,9H2,1H3,(H,26,28)(H,27,33)/t14-,16+,22?/m0/s1. The monoisotopic (exact) mass is 465 g/mol. The van der Waals surface area contributed by atoms with E-state index < -0.39 is 24.3 Å². The molecule has 2 saturated carbocycles. The van der Waals surface area contributed by atoms with Crippen LogP contribution < -0.4 is 20.9 Å². The van der Waals surface area contributed by atoms with E-state index in [1.54, 1.807) is 30.3 Å². The fraction of sp³-hybridized carbons (Fsp3) is 0.364. The number of aliphatic hydroxyl groups excluding tert-OH is 1. The number of carbonyl (C=O) groups is 1. The Balaban J connectivity index is 1.26. The first-order chi connectivity index (χ1) is 16.5. The second kappa shape index (κ2) is 7.83. The molecule has 34 heavy (non-hydrogen) atoms. The second-order valence-electron chi connectivity index (χ2n) is 8.66. The summed E-state index contributed by atoms with van der Waals surface area (Å²) in [6.07, 6.45) is 9.21. The minimum absolute atomic E-state index is 0.240. The summed E-state index contributed by atoms with van der Waals surface area (Å²) < 4.78 is 16.7. The molecule has 12 heteroatoms. The largest absolute Gasteiger partial charge is 0.373 e. The molecule has 1 amide bonds. The predicted molar refractivity (Wildman–Crippen MR) is 123 cm³/mol. The van der Waals surface area contributed by atoms with Gasteiger partial charge in [-0.15, -0.1) is 0 Å². The van der Waals surface area contributed by atoms with Crippen molar-refractivity contribution in [3.8, 4) is 0 Å². The van der Waals surface area contributed by atoms with Crippen molar-refractivity contribution in [2.45, 2.75) is 43.7 Å². The molecule has 3 aromatic rings. The van der Waals surface area contributed by atoms with Gasteiger partial charge in [-0.3, -0.25) is 14.4 Å². The van der Waals surface area contributed by atoms with Crippen molar-refractivity contribution >= 4 is 29.0 Å². The van der Waals surface area contributed by atoms with Gasteiger partial charge in [-0.2, -0.15) is 14.7 Å². The number of aromatic nitrogens is 5. The molecule has 4 N–H and O–H groups in total. The van der Waals surface area contributed by atoms with Crippen LogP contribution in [0, 0.1) is 0 Å². The molecule has 0 saturated heterocycles. The summed E-state index contributed by atoms with van der Waals surface area (Å²) in [7, 11) is 1.73. The van der Waals surface area contributed by atoms with Gasteiger partial charge >= 0.3 is 0 Å². The number of hydrogen-bond donors (Lipinski definition) is 4. The molecule has 0 bridgehead atoms. The Hall–Kier alpha value is -3.93. The highest BCUT2D eigenvalue weighted by Crippen LogP contribution is 2.35. The van der Waals surface area contributed by atoms with Crippen molar-refractivity contribution in [3.05, 3.63) is 54.1 Å². The van der Waals surface area contributed by atoms with E-state index in [4.69, 9.17) is 0 Å². The Morgan fingerprint density at radius 3 is 2.88 bits per heavy atom. The molecule has 0 spiro atoms. The molecular formula is C22H24FN9O2. The number of hydrogen-bond acceptors (Lipinski definition) is 8. The third kappa shape index (κ3) is 3.65. The number of carbonyl (C=O) groups excluding carboxylic acids is 1. The number of nitrogens with zero attached hydrogens (tertiary/aromatic N) is 6. The van der Waals surface area contributed by atoms with Crippen molar-refractivity contribution in [3.63, 3.8) is 0 Å². The van der Waals surface area contributed by atoms with Crippen LogP contribution in [0.4, 0.5) is 21.8 Å². The maximum Gasteiger partial charge on any atom is 0.257 e. The fourth-order valence-corrected chi connectivity index (χ4v) is 3.95. The van der Waals surface area contributed by atoms with Crippen LogP contribution in [0.5, 0.6) is 0 Å². The second-order valence-corrected chi connectivity index (χ2v) is 8.66.